The molecule has 2 atom stereocenters. The lowest BCUT2D eigenvalue weighted by Crippen LogP contribution is -2.48. The fraction of sp³-hybridized carbons (Fsp3) is 0.550. The molecule has 0 saturated carbocycles. The minimum atomic E-state index is -0.294. The minimum absolute atomic E-state index is 0.0828. The van der Waals surface area contributed by atoms with E-state index in [1.165, 1.54) is 0 Å². The third-order valence-corrected chi connectivity index (χ3v) is 5.64. The highest BCUT2D eigenvalue weighted by Gasteiger charge is 2.36. The van der Waals surface area contributed by atoms with Gasteiger partial charge >= 0.3 is 0 Å². The van der Waals surface area contributed by atoms with Crippen molar-refractivity contribution in [2.75, 3.05) is 13.1 Å². The fourth-order valence-electron chi connectivity index (χ4n) is 3.92. The molecule has 150 valence electrons. The van der Waals surface area contributed by atoms with Crippen molar-refractivity contribution >= 4 is 5.91 Å². The van der Waals surface area contributed by atoms with Crippen LogP contribution in [0, 0.1) is 0 Å². The molecule has 4 rings (SSSR count). The van der Waals surface area contributed by atoms with Gasteiger partial charge in [-0.25, -0.2) is 10.9 Å². The number of nitrogens with zero attached hydrogens (tertiary/aromatic N) is 3. The summed E-state index contributed by atoms with van der Waals surface area (Å²) in [5, 5.41) is 14.1. The van der Waals surface area contributed by atoms with Crippen LogP contribution in [0.4, 0.5) is 0 Å². The second kappa shape index (κ2) is 7.89. The van der Waals surface area contributed by atoms with Crippen LogP contribution in [-0.4, -0.2) is 45.2 Å². The fourth-order valence-corrected chi connectivity index (χ4v) is 3.92. The van der Waals surface area contributed by atoms with E-state index in [-0.39, 0.29) is 35.6 Å². The number of benzene rings is 1. The van der Waals surface area contributed by atoms with E-state index >= 15 is 0 Å². The molecule has 2 saturated heterocycles. The number of aromatic hydroxyl groups is 1. The van der Waals surface area contributed by atoms with Crippen LogP contribution in [0.5, 0.6) is 5.75 Å². The van der Waals surface area contributed by atoms with Crippen molar-refractivity contribution in [1.29, 1.82) is 0 Å². The van der Waals surface area contributed by atoms with Gasteiger partial charge in [0.15, 0.2) is 5.82 Å². The number of nitrogens with one attached hydrogen (secondary N) is 2. The molecular weight excluding hydrogens is 358 g/mol. The van der Waals surface area contributed by atoms with Gasteiger partial charge < -0.3 is 14.5 Å². The number of piperidine rings is 1. The quantitative estimate of drug-likeness (QED) is 0.741. The Hall–Kier alpha value is -2.45. The molecule has 2 aromatic rings. The Morgan fingerprint density at radius 3 is 2.68 bits per heavy atom. The molecule has 0 radical (unpaired) electrons. The molecule has 2 aliphatic rings. The molecule has 2 fully saturated rings. The lowest BCUT2D eigenvalue weighted by atomic mass is 9.95. The zero-order chi connectivity index (χ0) is 19.7. The average molecular weight is 385 g/mol. The normalized spacial score (nSPS) is 23.5. The monoisotopic (exact) mass is 385 g/mol. The summed E-state index contributed by atoms with van der Waals surface area (Å²) >= 11 is 0. The highest BCUT2D eigenvalue weighted by atomic mass is 16.5. The van der Waals surface area contributed by atoms with Crippen molar-refractivity contribution in [3.63, 3.8) is 0 Å². The van der Waals surface area contributed by atoms with Crippen LogP contribution in [0.2, 0.25) is 0 Å². The number of para-hydroxylation sites is 1. The molecule has 0 aliphatic carbocycles. The highest BCUT2D eigenvalue weighted by molar-refractivity contribution is 5.82. The number of rotatable bonds is 4. The van der Waals surface area contributed by atoms with Crippen molar-refractivity contribution in [3.05, 3.63) is 41.5 Å². The smallest absolute Gasteiger partial charge is 0.241 e. The topological polar surface area (TPSA) is 104 Å². The average Bonchev–Trinajstić information content (AvgIpc) is 3.38. The molecular formula is C20H27N5O3. The number of hydrazine groups is 1. The number of carbonyl (C=O) groups is 1. The SMILES string of the molecule is CC(C)c1noc(C2CCN(C(=O)C3CC(c4ccccc4O)NN3)CC2)n1. The molecule has 1 aromatic heterocycles. The van der Waals surface area contributed by atoms with Crippen LogP contribution in [0.1, 0.15) is 68.3 Å². The maximum absolute atomic E-state index is 12.9. The molecule has 2 unspecified atom stereocenters. The lowest BCUT2D eigenvalue weighted by Gasteiger charge is -2.32. The Bertz CT molecular complexity index is 829. The van der Waals surface area contributed by atoms with Gasteiger partial charge in [0.2, 0.25) is 11.8 Å². The molecule has 8 heteroatoms. The summed E-state index contributed by atoms with van der Waals surface area (Å²) in [5.74, 6) is 2.24. The van der Waals surface area contributed by atoms with E-state index in [4.69, 9.17) is 4.52 Å². The van der Waals surface area contributed by atoms with Crippen LogP contribution in [0.3, 0.4) is 0 Å². The summed E-state index contributed by atoms with van der Waals surface area (Å²) in [4.78, 5) is 19.3. The van der Waals surface area contributed by atoms with Crippen LogP contribution in [-0.2, 0) is 4.79 Å². The second-order valence-electron chi connectivity index (χ2n) is 7.93. The summed E-state index contributed by atoms with van der Waals surface area (Å²) in [7, 11) is 0. The first kappa shape index (κ1) is 18.9. The van der Waals surface area contributed by atoms with Crippen molar-refractivity contribution in [2.24, 2.45) is 0 Å². The van der Waals surface area contributed by atoms with E-state index in [1.54, 1.807) is 12.1 Å². The van der Waals surface area contributed by atoms with E-state index in [9.17, 15) is 9.90 Å². The zero-order valence-electron chi connectivity index (χ0n) is 16.3. The third-order valence-electron chi connectivity index (χ3n) is 5.64. The maximum atomic E-state index is 12.9. The van der Waals surface area contributed by atoms with Gasteiger partial charge in [-0.15, -0.1) is 0 Å². The van der Waals surface area contributed by atoms with Crippen LogP contribution in [0.15, 0.2) is 28.8 Å². The molecule has 2 aliphatic heterocycles. The molecule has 1 amide bonds. The summed E-state index contributed by atoms with van der Waals surface area (Å²) < 4.78 is 5.42. The number of likely N-dealkylation sites (tertiary alicyclic amines) is 1. The van der Waals surface area contributed by atoms with E-state index in [1.807, 2.05) is 30.9 Å². The molecule has 0 spiro atoms. The molecule has 8 nitrogen and oxygen atoms in total. The van der Waals surface area contributed by atoms with Crippen molar-refractivity contribution in [1.82, 2.24) is 25.9 Å². The number of hydrogen-bond donors (Lipinski definition) is 3. The van der Waals surface area contributed by atoms with Gasteiger partial charge in [0.25, 0.3) is 0 Å². The number of carbonyl (C=O) groups excluding carboxylic acids is 1. The van der Waals surface area contributed by atoms with Crippen LogP contribution >= 0.6 is 0 Å². The summed E-state index contributed by atoms with van der Waals surface area (Å²) in [6, 6.07) is 6.85. The van der Waals surface area contributed by atoms with Gasteiger partial charge in [0.05, 0.1) is 6.04 Å². The third kappa shape index (κ3) is 3.74. The Kier molecular flexibility index (Phi) is 5.32. The Morgan fingerprint density at radius 2 is 2.00 bits per heavy atom. The van der Waals surface area contributed by atoms with E-state index in [0.29, 0.717) is 25.4 Å². The summed E-state index contributed by atoms with van der Waals surface area (Å²) in [6.45, 7) is 5.45. The van der Waals surface area contributed by atoms with E-state index < -0.39 is 0 Å². The Morgan fingerprint density at radius 1 is 1.25 bits per heavy atom. The second-order valence-corrected chi connectivity index (χ2v) is 7.93. The number of amides is 1. The molecule has 3 N–H and O–H groups in total. The van der Waals surface area contributed by atoms with Crippen LogP contribution < -0.4 is 10.9 Å². The van der Waals surface area contributed by atoms with E-state index in [0.717, 1.165) is 24.2 Å². The number of hydrogen-bond acceptors (Lipinski definition) is 7. The number of phenols is 1. The highest BCUT2D eigenvalue weighted by Crippen LogP contribution is 2.31. The van der Waals surface area contributed by atoms with Crippen molar-refractivity contribution in [2.45, 2.75) is 57.0 Å². The zero-order valence-corrected chi connectivity index (χ0v) is 16.3. The van der Waals surface area contributed by atoms with Crippen LogP contribution in [0.25, 0.3) is 0 Å². The summed E-state index contributed by atoms with van der Waals surface area (Å²) in [6.07, 6.45) is 2.26. The Labute approximate surface area is 164 Å². The molecule has 1 aromatic carbocycles. The van der Waals surface area contributed by atoms with E-state index in [2.05, 4.69) is 21.0 Å². The predicted molar refractivity (Wildman–Crippen MR) is 102 cm³/mol. The lowest BCUT2D eigenvalue weighted by molar-refractivity contribution is -0.134. The van der Waals surface area contributed by atoms with Gasteiger partial charge in [0.1, 0.15) is 11.8 Å². The van der Waals surface area contributed by atoms with Gasteiger partial charge in [-0.2, -0.15) is 4.98 Å². The van der Waals surface area contributed by atoms with Gasteiger partial charge in [-0.3, -0.25) is 4.79 Å². The van der Waals surface area contributed by atoms with Gasteiger partial charge in [0, 0.05) is 30.5 Å². The van der Waals surface area contributed by atoms with Crippen molar-refractivity contribution in [3.8, 4) is 5.75 Å². The molecule has 3 heterocycles. The maximum Gasteiger partial charge on any atom is 0.241 e. The Balaban J connectivity index is 1.32. The first-order valence-electron chi connectivity index (χ1n) is 9.94. The molecule has 0 bridgehead atoms. The predicted octanol–water partition coefficient (Wildman–Crippen LogP) is 2.21. The van der Waals surface area contributed by atoms with Crippen molar-refractivity contribution < 1.29 is 14.4 Å². The molecule has 28 heavy (non-hydrogen) atoms. The standard InChI is InChI=1S/C20H27N5O3/c1-12(2)18-21-19(28-24-18)13-7-9-25(10-8-13)20(27)16-11-15(22-23-16)14-5-3-4-6-17(14)26/h3-6,12-13,15-16,22-23,26H,7-11H2,1-2H3. The first-order chi connectivity index (χ1) is 13.5. The minimum Gasteiger partial charge on any atom is -0.508 e. The first-order valence-corrected chi connectivity index (χ1v) is 9.94. The number of aromatic nitrogens is 2. The van der Waals surface area contributed by atoms with Gasteiger partial charge in [-0.1, -0.05) is 37.2 Å². The van der Waals surface area contributed by atoms with Gasteiger partial charge in [-0.05, 0) is 25.3 Å². The summed E-state index contributed by atoms with van der Waals surface area (Å²) in [5.41, 5.74) is 7.04. The largest absolute Gasteiger partial charge is 0.508 e. The number of phenolic OH excluding ortho intramolecular Hbond substituents is 1.